The molecule has 0 aliphatic rings. The maximum atomic E-state index is 13.9. The lowest BCUT2D eigenvalue weighted by Crippen LogP contribution is -1.96. The van der Waals surface area contributed by atoms with Crippen LogP contribution in [-0.2, 0) is 0 Å². The molecule has 0 atom stereocenters. The number of nitro benzene ring substituents is 1. The molecule has 0 fully saturated rings. The Labute approximate surface area is 174 Å². The lowest BCUT2D eigenvalue weighted by Gasteiger charge is -2.03. The molecule has 0 aliphatic carbocycles. The molecule has 8 heteroatoms. The Hall–Kier alpha value is -4.09. The Balaban J connectivity index is 1.61. The summed E-state index contributed by atoms with van der Waals surface area (Å²) in [6, 6.07) is 19.2. The molecule has 146 valence electrons. The van der Waals surface area contributed by atoms with Gasteiger partial charge in [0.15, 0.2) is 0 Å². The number of thiazole rings is 1. The number of fused-ring (bicyclic) bond motifs is 1. The largest absolute Gasteiger partial charge is 0.358 e. The standard InChI is InChI=1S/C22H13FN4O2S/c23-19-8-7-18(27(28)29)10-20(19)25-12-17(11-24)22-26-21(13-30-22)16-6-5-14-3-1-2-4-15(14)9-16/h1-10,12-13,25H. The predicted octanol–water partition coefficient (Wildman–Crippen LogP) is 5.99. The number of nitrogens with one attached hydrogen (secondary N) is 1. The normalized spacial score (nSPS) is 11.3. The summed E-state index contributed by atoms with van der Waals surface area (Å²) in [5.74, 6) is -0.662. The minimum absolute atomic E-state index is 0.0942. The molecular weight excluding hydrogens is 403 g/mol. The van der Waals surface area contributed by atoms with E-state index in [1.165, 1.54) is 17.5 Å². The minimum Gasteiger partial charge on any atom is -0.358 e. The van der Waals surface area contributed by atoms with Gasteiger partial charge in [-0.25, -0.2) is 9.37 Å². The molecule has 0 unspecified atom stereocenters. The topological polar surface area (TPSA) is 91.8 Å². The first-order valence-electron chi connectivity index (χ1n) is 8.81. The lowest BCUT2D eigenvalue weighted by atomic mass is 10.1. The Morgan fingerprint density at radius 3 is 2.73 bits per heavy atom. The maximum absolute atomic E-state index is 13.9. The van der Waals surface area contributed by atoms with Gasteiger partial charge in [-0.05, 0) is 22.9 Å². The molecule has 4 aromatic rings. The molecule has 0 radical (unpaired) electrons. The van der Waals surface area contributed by atoms with Crippen molar-refractivity contribution < 1.29 is 9.31 Å². The number of nitrogens with zero attached hydrogens (tertiary/aromatic N) is 3. The zero-order chi connectivity index (χ0) is 21.1. The van der Waals surface area contributed by atoms with E-state index in [0.29, 0.717) is 5.01 Å². The van der Waals surface area contributed by atoms with Crippen molar-refractivity contribution in [2.45, 2.75) is 0 Å². The highest BCUT2D eigenvalue weighted by atomic mass is 32.1. The fourth-order valence-corrected chi connectivity index (χ4v) is 3.70. The van der Waals surface area contributed by atoms with Gasteiger partial charge in [-0.2, -0.15) is 5.26 Å². The van der Waals surface area contributed by atoms with Crippen molar-refractivity contribution in [3.8, 4) is 17.3 Å². The molecule has 3 aromatic carbocycles. The fraction of sp³-hybridized carbons (Fsp3) is 0. The van der Waals surface area contributed by atoms with Crippen LogP contribution in [-0.4, -0.2) is 9.91 Å². The van der Waals surface area contributed by atoms with E-state index < -0.39 is 10.7 Å². The molecule has 1 heterocycles. The second-order valence-electron chi connectivity index (χ2n) is 6.34. The van der Waals surface area contributed by atoms with Crippen molar-refractivity contribution >= 4 is 39.1 Å². The quantitative estimate of drug-likeness (QED) is 0.245. The summed E-state index contributed by atoms with van der Waals surface area (Å²) >= 11 is 1.29. The van der Waals surface area contributed by atoms with Crippen LogP contribution in [0.25, 0.3) is 27.6 Å². The summed E-state index contributed by atoms with van der Waals surface area (Å²) in [5, 5.41) is 27.5. The number of hydrogen-bond donors (Lipinski definition) is 1. The molecule has 1 N–H and O–H groups in total. The first-order chi connectivity index (χ1) is 14.5. The smallest absolute Gasteiger partial charge is 0.271 e. The van der Waals surface area contributed by atoms with Crippen LogP contribution in [0.3, 0.4) is 0 Å². The number of allylic oxidation sites excluding steroid dienone is 1. The lowest BCUT2D eigenvalue weighted by molar-refractivity contribution is -0.384. The van der Waals surface area contributed by atoms with Crippen LogP contribution < -0.4 is 5.32 Å². The molecular formula is C22H13FN4O2S. The number of non-ortho nitro benzene ring substituents is 1. The summed E-state index contributed by atoms with van der Waals surface area (Å²) in [6.45, 7) is 0. The Bertz CT molecular complexity index is 1340. The summed E-state index contributed by atoms with van der Waals surface area (Å²) < 4.78 is 13.9. The van der Waals surface area contributed by atoms with Gasteiger partial charge in [-0.15, -0.1) is 11.3 Å². The van der Waals surface area contributed by atoms with Crippen molar-refractivity contribution in [1.29, 1.82) is 5.26 Å². The summed E-state index contributed by atoms with van der Waals surface area (Å²) in [4.78, 5) is 14.8. The van der Waals surface area contributed by atoms with E-state index in [2.05, 4.69) is 10.3 Å². The molecule has 0 saturated heterocycles. The monoisotopic (exact) mass is 416 g/mol. The van der Waals surface area contributed by atoms with Gasteiger partial charge in [0.05, 0.1) is 16.3 Å². The van der Waals surface area contributed by atoms with Crippen LogP contribution in [0.15, 0.2) is 72.2 Å². The Morgan fingerprint density at radius 2 is 1.97 bits per heavy atom. The van der Waals surface area contributed by atoms with Crippen molar-refractivity contribution in [2.24, 2.45) is 0 Å². The van der Waals surface area contributed by atoms with Crippen molar-refractivity contribution in [3.63, 3.8) is 0 Å². The second-order valence-corrected chi connectivity index (χ2v) is 7.19. The number of hydrogen-bond acceptors (Lipinski definition) is 6. The average molecular weight is 416 g/mol. The zero-order valence-corrected chi connectivity index (χ0v) is 16.2. The molecule has 0 amide bonds. The molecule has 30 heavy (non-hydrogen) atoms. The highest BCUT2D eigenvalue weighted by molar-refractivity contribution is 7.11. The van der Waals surface area contributed by atoms with Gasteiger partial charge in [0.1, 0.15) is 22.5 Å². The van der Waals surface area contributed by atoms with E-state index in [0.717, 1.165) is 40.2 Å². The highest BCUT2D eigenvalue weighted by Crippen LogP contribution is 2.29. The number of benzene rings is 3. The van der Waals surface area contributed by atoms with Crippen molar-refractivity contribution in [3.05, 3.63) is 93.2 Å². The first-order valence-corrected chi connectivity index (χ1v) is 9.69. The molecule has 0 saturated carbocycles. The predicted molar refractivity (Wildman–Crippen MR) is 115 cm³/mol. The van der Waals surface area contributed by atoms with Crippen LogP contribution in [0.4, 0.5) is 15.8 Å². The van der Waals surface area contributed by atoms with E-state index in [4.69, 9.17) is 0 Å². The van der Waals surface area contributed by atoms with E-state index in [1.54, 1.807) is 0 Å². The summed E-state index contributed by atoms with van der Waals surface area (Å²) in [5.41, 5.74) is 1.49. The zero-order valence-electron chi connectivity index (χ0n) is 15.4. The second kappa shape index (κ2) is 8.11. The minimum atomic E-state index is -0.662. The van der Waals surface area contributed by atoms with E-state index >= 15 is 0 Å². The number of anilines is 1. The maximum Gasteiger partial charge on any atom is 0.271 e. The average Bonchev–Trinajstić information content (AvgIpc) is 3.25. The molecule has 0 spiro atoms. The van der Waals surface area contributed by atoms with Crippen molar-refractivity contribution in [1.82, 2.24) is 4.98 Å². The SMILES string of the molecule is N#CC(=CNc1cc([N+](=O)[O-])ccc1F)c1nc(-c2ccc3ccccc3c2)cs1. The van der Waals surface area contributed by atoms with E-state index in [1.807, 2.05) is 53.9 Å². The van der Waals surface area contributed by atoms with Gasteiger partial charge < -0.3 is 5.32 Å². The van der Waals surface area contributed by atoms with E-state index in [9.17, 15) is 19.8 Å². The van der Waals surface area contributed by atoms with Crippen LogP contribution in [0.5, 0.6) is 0 Å². The number of halogens is 1. The van der Waals surface area contributed by atoms with E-state index in [-0.39, 0.29) is 16.9 Å². The number of rotatable bonds is 5. The number of nitriles is 1. The molecule has 4 rings (SSSR count). The van der Waals surface area contributed by atoms with Crippen LogP contribution in [0, 0.1) is 27.3 Å². The summed E-state index contributed by atoms with van der Waals surface area (Å²) in [6.07, 6.45) is 1.30. The molecule has 6 nitrogen and oxygen atoms in total. The first kappa shape index (κ1) is 19.2. The van der Waals surface area contributed by atoms with Crippen molar-refractivity contribution in [2.75, 3.05) is 5.32 Å². The van der Waals surface area contributed by atoms with Gasteiger partial charge >= 0.3 is 0 Å². The van der Waals surface area contributed by atoms with Crippen LogP contribution in [0.1, 0.15) is 5.01 Å². The van der Waals surface area contributed by atoms with Crippen LogP contribution in [0.2, 0.25) is 0 Å². The third kappa shape index (κ3) is 3.87. The number of aromatic nitrogens is 1. The van der Waals surface area contributed by atoms with Gasteiger partial charge in [0, 0.05) is 29.3 Å². The molecule has 1 aromatic heterocycles. The van der Waals surface area contributed by atoms with Gasteiger partial charge in [0.25, 0.3) is 5.69 Å². The Kier molecular flexibility index (Phi) is 5.20. The molecule has 0 bridgehead atoms. The summed E-state index contributed by atoms with van der Waals surface area (Å²) in [7, 11) is 0. The number of nitro groups is 1. The molecule has 0 aliphatic heterocycles. The van der Waals surface area contributed by atoms with Gasteiger partial charge in [-0.3, -0.25) is 10.1 Å². The highest BCUT2D eigenvalue weighted by Gasteiger charge is 2.12. The Morgan fingerprint density at radius 1 is 1.17 bits per heavy atom. The van der Waals surface area contributed by atoms with Crippen LogP contribution >= 0.6 is 11.3 Å². The van der Waals surface area contributed by atoms with Gasteiger partial charge in [-0.1, -0.05) is 36.4 Å². The fourth-order valence-electron chi connectivity index (χ4n) is 2.91. The third-order valence-corrected chi connectivity index (χ3v) is 5.31. The third-order valence-electron chi connectivity index (χ3n) is 4.43. The van der Waals surface area contributed by atoms with Gasteiger partial charge in [0.2, 0.25) is 0 Å².